The fourth-order valence-electron chi connectivity index (χ4n) is 3.44. The van der Waals surface area contributed by atoms with Crippen molar-refractivity contribution >= 4 is 16.9 Å². The number of aromatic nitrogens is 2. The van der Waals surface area contributed by atoms with E-state index in [1.165, 1.54) is 4.90 Å². The first-order valence-corrected chi connectivity index (χ1v) is 8.87. The number of hydrogen-bond donors (Lipinski definition) is 2. The van der Waals surface area contributed by atoms with Crippen LogP contribution in [0, 0.1) is 0 Å². The van der Waals surface area contributed by atoms with Gasteiger partial charge in [0, 0.05) is 5.56 Å². The summed E-state index contributed by atoms with van der Waals surface area (Å²) in [6.45, 7) is 4.97. The fourth-order valence-corrected chi connectivity index (χ4v) is 3.44. The van der Waals surface area contributed by atoms with Crippen LogP contribution < -0.4 is 9.80 Å². The van der Waals surface area contributed by atoms with Gasteiger partial charge in [-0.2, -0.15) is 0 Å². The lowest BCUT2D eigenvalue weighted by Gasteiger charge is -2.33. The number of nitrogens with zero attached hydrogens (tertiary/aromatic N) is 3. The standard InChI is InChI=1S/C20H22N4O/c25-15-14-23-10-12-24(13-11-23)20-19(16-6-2-1-3-7-16)21-17-8-4-5-9-18(17)22-20/h1-9,25H,10-15H2/p+1. The number of benzene rings is 2. The number of hydrogen-bond acceptors (Lipinski definition) is 4. The summed E-state index contributed by atoms with van der Waals surface area (Å²) < 4.78 is 0. The summed E-state index contributed by atoms with van der Waals surface area (Å²) in [4.78, 5) is 13.7. The number of quaternary nitrogens is 1. The highest BCUT2D eigenvalue weighted by Crippen LogP contribution is 2.29. The quantitative estimate of drug-likeness (QED) is 0.747. The third-order valence-corrected chi connectivity index (χ3v) is 4.83. The minimum absolute atomic E-state index is 0.250. The Hall–Kier alpha value is -2.50. The van der Waals surface area contributed by atoms with E-state index in [0.29, 0.717) is 0 Å². The van der Waals surface area contributed by atoms with Gasteiger partial charge in [0.05, 0.1) is 43.8 Å². The first kappa shape index (κ1) is 16.0. The monoisotopic (exact) mass is 335 g/mol. The van der Waals surface area contributed by atoms with Crippen molar-refractivity contribution in [2.24, 2.45) is 0 Å². The molecule has 1 aliphatic rings. The molecule has 2 heterocycles. The van der Waals surface area contributed by atoms with E-state index in [0.717, 1.165) is 60.8 Å². The highest BCUT2D eigenvalue weighted by Gasteiger charge is 2.24. The third-order valence-electron chi connectivity index (χ3n) is 4.83. The van der Waals surface area contributed by atoms with Crippen LogP contribution in [0.15, 0.2) is 54.6 Å². The summed E-state index contributed by atoms with van der Waals surface area (Å²) >= 11 is 0. The molecule has 0 radical (unpaired) electrons. The first-order chi connectivity index (χ1) is 12.3. The molecule has 3 aromatic rings. The Morgan fingerprint density at radius 1 is 0.880 bits per heavy atom. The Balaban J connectivity index is 1.74. The zero-order valence-electron chi connectivity index (χ0n) is 14.2. The van der Waals surface area contributed by atoms with Gasteiger partial charge in [-0.15, -0.1) is 0 Å². The van der Waals surface area contributed by atoms with Gasteiger partial charge in [0.1, 0.15) is 12.2 Å². The summed E-state index contributed by atoms with van der Waals surface area (Å²) in [6.07, 6.45) is 0. The zero-order chi connectivity index (χ0) is 17.1. The Labute approximate surface area is 147 Å². The van der Waals surface area contributed by atoms with Gasteiger partial charge in [-0.3, -0.25) is 0 Å². The van der Waals surface area contributed by atoms with E-state index in [2.05, 4.69) is 17.0 Å². The minimum Gasteiger partial charge on any atom is -0.391 e. The molecule has 1 saturated heterocycles. The maximum atomic E-state index is 9.16. The summed E-state index contributed by atoms with van der Waals surface area (Å²) in [7, 11) is 0. The maximum Gasteiger partial charge on any atom is 0.156 e. The fraction of sp³-hybridized carbons (Fsp3) is 0.300. The highest BCUT2D eigenvalue weighted by atomic mass is 16.3. The summed E-state index contributed by atoms with van der Waals surface area (Å²) in [5.74, 6) is 0.966. The predicted octanol–water partition coefficient (Wildman–Crippen LogP) is 0.994. The highest BCUT2D eigenvalue weighted by molar-refractivity contribution is 5.83. The average molecular weight is 335 g/mol. The molecular weight excluding hydrogens is 312 g/mol. The lowest BCUT2D eigenvalue weighted by atomic mass is 10.1. The lowest BCUT2D eigenvalue weighted by Crippen LogP contribution is -3.15. The number of nitrogens with one attached hydrogen (secondary N) is 1. The Kier molecular flexibility index (Phi) is 4.59. The summed E-state index contributed by atoms with van der Waals surface area (Å²) in [5.41, 5.74) is 3.91. The van der Waals surface area contributed by atoms with Crippen molar-refractivity contribution in [3.8, 4) is 11.3 Å². The molecule has 0 saturated carbocycles. The van der Waals surface area contributed by atoms with Gasteiger partial charge < -0.3 is 14.9 Å². The van der Waals surface area contributed by atoms with E-state index in [9.17, 15) is 0 Å². The van der Waals surface area contributed by atoms with E-state index in [-0.39, 0.29) is 6.61 Å². The number of para-hydroxylation sites is 2. The Morgan fingerprint density at radius 2 is 1.52 bits per heavy atom. The Bertz CT molecular complexity index is 845. The minimum atomic E-state index is 0.250. The molecule has 0 bridgehead atoms. The van der Waals surface area contributed by atoms with Gasteiger partial charge in [-0.1, -0.05) is 42.5 Å². The van der Waals surface area contributed by atoms with E-state index >= 15 is 0 Å². The Morgan fingerprint density at radius 3 is 2.20 bits per heavy atom. The molecule has 1 aromatic heterocycles. The molecule has 0 spiro atoms. The van der Waals surface area contributed by atoms with E-state index in [1.54, 1.807) is 0 Å². The first-order valence-electron chi connectivity index (χ1n) is 8.87. The van der Waals surface area contributed by atoms with E-state index in [1.807, 2.05) is 42.5 Å². The van der Waals surface area contributed by atoms with Crippen molar-refractivity contribution in [1.29, 1.82) is 0 Å². The van der Waals surface area contributed by atoms with E-state index < -0.39 is 0 Å². The maximum absolute atomic E-state index is 9.16. The van der Waals surface area contributed by atoms with Gasteiger partial charge in [0.25, 0.3) is 0 Å². The van der Waals surface area contributed by atoms with Crippen LogP contribution in [0.25, 0.3) is 22.3 Å². The van der Waals surface area contributed by atoms with Crippen LogP contribution in [0.2, 0.25) is 0 Å². The third kappa shape index (κ3) is 3.34. The predicted molar refractivity (Wildman–Crippen MR) is 99.8 cm³/mol. The molecule has 2 aromatic carbocycles. The van der Waals surface area contributed by atoms with Gasteiger partial charge >= 0.3 is 0 Å². The molecule has 2 N–H and O–H groups in total. The number of fused-ring (bicyclic) bond motifs is 1. The number of rotatable bonds is 4. The van der Waals surface area contributed by atoms with Crippen LogP contribution in [0.1, 0.15) is 0 Å². The van der Waals surface area contributed by atoms with Crippen LogP contribution >= 0.6 is 0 Å². The van der Waals surface area contributed by atoms with Gasteiger partial charge in [0.2, 0.25) is 0 Å². The van der Waals surface area contributed by atoms with Gasteiger partial charge in [-0.25, -0.2) is 9.97 Å². The van der Waals surface area contributed by atoms with Crippen LogP contribution in [0.3, 0.4) is 0 Å². The topological polar surface area (TPSA) is 53.7 Å². The SMILES string of the molecule is OCC[NH+]1CCN(c2nc3ccccc3nc2-c2ccccc2)CC1. The van der Waals surface area contributed by atoms with Crippen LogP contribution in [-0.2, 0) is 0 Å². The number of piperazine rings is 1. The average Bonchev–Trinajstić information content (AvgIpc) is 2.68. The second-order valence-corrected chi connectivity index (χ2v) is 6.46. The molecule has 0 aliphatic carbocycles. The summed E-state index contributed by atoms with van der Waals surface area (Å²) in [5, 5.41) is 9.16. The molecule has 25 heavy (non-hydrogen) atoms. The van der Waals surface area contributed by atoms with Crippen molar-refractivity contribution in [3.63, 3.8) is 0 Å². The molecule has 1 aliphatic heterocycles. The largest absolute Gasteiger partial charge is 0.391 e. The molecule has 4 rings (SSSR count). The molecule has 128 valence electrons. The van der Waals surface area contributed by atoms with Crippen molar-refractivity contribution < 1.29 is 10.0 Å². The molecule has 1 fully saturated rings. The van der Waals surface area contributed by atoms with Crippen molar-refractivity contribution in [2.75, 3.05) is 44.2 Å². The summed E-state index contributed by atoms with van der Waals surface area (Å²) in [6, 6.07) is 18.3. The molecule has 0 amide bonds. The number of aliphatic hydroxyl groups excluding tert-OH is 1. The zero-order valence-corrected chi connectivity index (χ0v) is 14.2. The number of aliphatic hydroxyl groups is 1. The second kappa shape index (κ2) is 7.17. The van der Waals surface area contributed by atoms with Crippen LogP contribution in [0.5, 0.6) is 0 Å². The molecule has 5 nitrogen and oxygen atoms in total. The lowest BCUT2D eigenvalue weighted by molar-refractivity contribution is -0.900. The van der Waals surface area contributed by atoms with Crippen LogP contribution in [-0.4, -0.2) is 54.4 Å². The smallest absolute Gasteiger partial charge is 0.156 e. The van der Waals surface area contributed by atoms with Crippen LogP contribution in [0.4, 0.5) is 5.82 Å². The molecule has 5 heteroatoms. The van der Waals surface area contributed by atoms with Crippen molar-refractivity contribution in [3.05, 3.63) is 54.6 Å². The second-order valence-electron chi connectivity index (χ2n) is 6.46. The molecule has 0 unspecified atom stereocenters. The van der Waals surface area contributed by atoms with Crippen molar-refractivity contribution in [2.45, 2.75) is 0 Å². The van der Waals surface area contributed by atoms with E-state index in [4.69, 9.17) is 15.1 Å². The number of anilines is 1. The molecular formula is C20H23N4O+. The molecule has 0 atom stereocenters. The normalized spacial score (nSPS) is 15.6. The van der Waals surface area contributed by atoms with Gasteiger partial charge in [0.15, 0.2) is 5.82 Å². The van der Waals surface area contributed by atoms with Crippen molar-refractivity contribution in [1.82, 2.24) is 9.97 Å². The van der Waals surface area contributed by atoms with Gasteiger partial charge in [-0.05, 0) is 12.1 Å².